The van der Waals surface area contributed by atoms with Crippen LogP contribution in [0.25, 0.3) is 0 Å². The van der Waals surface area contributed by atoms with Gasteiger partial charge in [-0.25, -0.2) is 4.79 Å². The van der Waals surface area contributed by atoms with Gasteiger partial charge in [0.05, 0.1) is 6.10 Å². The van der Waals surface area contributed by atoms with Crippen molar-refractivity contribution in [2.45, 2.75) is 25.9 Å². The van der Waals surface area contributed by atoms with Crippen LogP contribution in [0.5, 0.6) is 0 Å². The first kappa shape index (κ1) is 16.6. The van der Waals surface area contributed by atoms with Crippen molar-refractivity contribution < 1.29 is 9.53 Å². The van der Waals surface area contributed by atoms with E-state index in [4.69, 9.17) is 16.3 Å². The average molecular weight is 338 g/mol. The molecule has 0 saturated carbocycles. The fraction of sp³-hybridized carbons (Fsp3) is 0.588. The molecule has 0 spiro atoms. The van der Waals surface area contributed by atoms with Crippen LogP contribution in [-0.4, -0.2) is 61.3 Å². The third-order valence-corrected chi connectivity index (χ3v) is 4.81. The quantitative estimate of drug-likeness (QED) is 0.922. The topological polar surface area (TPSA) is 44.8 Å². The Kier molecular flexibility index (Phi) is 5.41. The number of nitrogens with zero attached hydrogens (tertiary/aromatic N) is 2. The Morgan fingerprint density at radius 3 is 2.78 bits per heavy atom. The summed E-state index contributed by atoms with van der Waals surface area (Å²) in [5.74, 6) is 0. The standard InChI is InChI=1S/C17H24ClN3O2/c1-13-11-14(18)4-5-16(13)19-17(22)21-8-6-20(7-9-21)12-15-3-2-10-23-15/h4-5,11,15H,2-3,6-10,12H2,1H3,(H,19,22). The van der Waals surface area contributed by atoms with E-state index in [9.17, 15) is 4.79 Å². The number of benzene rings is 1. The molecule has 1 aromatic rings. The second-order valence-electron chi connectivity index (χ2n) is 6.31. The van der Waals surface area contributed by atoms with Crippen LogP contribution < -0.4 is 5.32 Å². The van der Waals surface area contributed by atoms with Gasteiger partial charge in [-0.3, -0.25) is 4.90 Å². The highest BCUT2D eigenvalue weighted by atomic mass is 35.5. The van der Waals surface area contributed by atoms with Crippen LogP contribution in [0.1, 0.15) is 18.4 Å². The smallest absolute Gasteiger partial charge is 0.321 e. The van der Waals surface area contributed by atoms with Gasteiger partial charge < -0.3 is 15.0 Å². The molecule has 2 saturated heterocycles. The van der Waals surface area contributed by atoms with Crippen LogP contribution in [0.3, 0.4) is 0 Å². The number of carbonyl (C=O) groups excluding carboxylic acids is 1. The maximum atomic E-state index is 12.4. The number of urea groups is 1. The summed E-state index contributed by atoms with van der Waals surface area (Å²) in [5.41, 5.74) is 1.80. The normalized spacial score (nSPS) is 22.3. The highest BCUT2D eigenvalue weighted by molar-refractivity contribution is 6.30. The maximum Gasteiger partial charge on any atom is 0.321 e. The molecular formula is C17H24ClN3O2. The minimum absolute atomic E-state index is 0.0350. The van der Waals surface area contributed by atoms with E-state index >= 15 is 0 Å². The molecule has 2 aliphatic heterocycles. The number of carbonyl (C=O) groups is 1. The highest BCUT2D eigenvalue weighted by Crippen LogP contribution is 2.20. The zero-order valence-electron chi connectivity index (χ0n) is 13.6. The van der Waals surface area contributed by atoms with Gasteiger partial charge in [0.1, 0.15) is 0 Å². The number of hydrogen-bond acceptors (Lipinski definition) is 3. The van der Waals surface area contributed by atoms with Crippen molar-refractivity contribution in [2.24, 2.45) is 0 Å². The number of amides is 2. The van der Waals surface area contributed by atoms with Crippen molar-refractivity contribution in [3.8, 4) is 0 Å². The lowest BCUT2D eigenvalue weighted by Gasteiger charge is -2.35. The Hall–Kier alpha value is -1.30. The Bertz CT molecular complexity index is 553. The Morgan fingerprint density at radius 2 is 2.13 bits per heavy atom. The van der Waals surface area contributed by atoms with Crippen LogP contribution in [-0.2, 0) is 4.74 Å². The summed E-state index contributed by atoms with van der Waals surface area (Å²) in [6.45, 7) is 7.16. The van der Waals surface area contributed by atoms with Gasteiger partial charge in [0.15, 0.2) is 0 Å². The Labute approximate surface area is 142 Å². The summed E-state index contributed by atoms with van der Waals surface area (Å²) in [6.07, 6.45) is 2.72. The van der Waals surface area contributed by atoms with Gasteiger partial charge in [-0.2, -0.15) is 0 Å². The van der Waals surface area contributed by atoms with Crippen molar-refractivity contribution in [3.05, 3.63) is 28.8 Å². The number of rotatable bonds is 3. The van der Waals surface area contributed by atoms with Gasteiger partial charge in [-0.05, 0) is 43.5 Å². The number of ether oxygens (including phenoxy) is 1. The predicted molar refractivity (Wildman–Crippen MR) is 92.2 cm³/mol. The number of hydrogen-bond donors (Lipinski definition) is 1. The highest BCUT2D eigenvalue weighted by Gasteiger charge is 2.25. The summed E-state index contributed by atoms with van der Waals surface area (Å²) in [6, 6.07) is 5.47. The van der Waals surface area contributed by atoms with E-state index in [0.29, 0.717) is 11.1 Å². The first-order chi connectivity index (χ1) is 11.1. The van der Waals surface area contributed by atoms with E-state index in [1.807, 2.05) is 24.0 Å². The molecule has 1 unspecified atom stereocenters. The minimum Gasteiger partial charge on any atom is -0.377 e. The largest absolute Gasteiger partial charge is 0.377 e. The molecule has 2 fully saturated rings. The van der Waals surface area contributed by atoms with Crippen molar-refractivity contribution in [1.82, 2.24) is 9.80 Å². The first-order valence-electron chi connectivity index (χ1n) is 8.28. The Morgan fingerprint density at radius 1 is 1.35 bits per heavy atom. The van der Waals surface area contributed by atoms with Crippen LogP contribution in [0, 0.1) is 6.92 Å². The summed E-state index contributed by atoms with van der Waals surface area (Å²) in [5, 5.41) is 3.66. The number of anilines is 1. The van der Waals surface area contributed by atoms with Crippen molar-refractivity contribution in [1.29, 1.82) is 0 Å². The number of aryl methyl sites for hydroxylation is 1. The van der Waals surface area contributed by atoms with E-state index in [0.717, 1.165) is 57.0 Å². The summed E-state index contributed by atoms with van der Waals surface area (Å²) in [4.78, 5) is 16.7. The fourth-order valence-electron chi connectivity index (χ4n) is 3.17. The monoisotopic (exact) mass is 337 g/mol. The molecule has 5 nitrogen and oxygen atoms in total. The van der Waals surface area contributed by atoms with Gasteiger partial charge in [-0.1, -0.05) is 11.6 Å². The Balaban J connectivity index is 1.47. The molecule has 23 heavy (non-hydrogen) atoms. The molecule has 1 N–H and O–H groups in total. The number of piperazine rings is 1. The number of nitrogens with one attached hydrogen (secondary N) is 1. The molecule has 1 aromatic carbocycles. The minimum atomic E-state index is -0.0350. The first-order valence-corrected chi connectivity index (χ1v) is 8.65. The lowest BCUT2D eigenvalue weighted by atomic mass is 10.2. The lowest BCUT2D eigenvalue weighted by molar-refractivity contribution is 0.0572. The van der Waals surface area contributed by atoms with Gasteiger partial charge in [0.2, 0.25) is 0 Å². The van der Waals surface area contributed by atoms with Gasteiger partial charge in [-0.15, -0.1) is 0 Å². The molecule has 0 bridgehead atoms. The fourth-order valence-corrected chi connectivity index (χ4v) is 3.40. The second-order valence-corrected chi connectivity index (χ2v) is 6.75. The third kappa shape index (κ3) is 4.37. The van der Waals surface area contributed by atoms with E-state index in [2.05, 4.69) is 10.2 Å². The lowest BCUT2D eigenvalue weighted by Crippen LogP contribution is -2.51. The van der Waals surface area contributed by atoms with Crippen LogP contribution in [0.4, 0.5) is 10.5 Å². The molecular weight excluding hydrogens is 314 g/mol. The molecule has 3 rings (SSSR count). The molecule has 6 heteroatoms. The third-order valence-electron chi connectivity index (χ3n) is 4.58. The predicted octanol–water partition coefficient (Wildman–Crippen LogP) is 2.98. The van der Waals surface area contributed by atoms with Crippen molar-refractivity contribution in [3.63, 3.8) is 0 Å². The van der Waals surface area contributed by atoms with Crippen molar-refractivity contribution >= 4 is 23.3 Å². The maximum absolute atomic E-state index is 12.4. The molecule has 1 atom stereocenters. The number of halogens is 1. The zero-order chi connectivity index (χ0) is 16.2. The van der Waals surface area contributed by atoms with Crippen molar-refractivity contribution in [2.75, 3.05) is 44.6 Å². The van der Waals surface area contributed by atoms with Crippen LogP contribution in [0.2, 0.25) is 5.02 Å². The average Bonchev–Trinajstić information content (AvgIpc) is 3.04. The second kappa shape index (κ2) is 7.51. The molecule has 126 valence electrons. The zero-order valence-corrected chi connectivity index (χ0v) is 14.3. The van der Waals surface area contributed by atoms with Crippen LogP contribution in [0.15, 0.2) is 18.2 Å². The molecule has 0 aliphatic carbocycles. The molecule has 0 radical (unpaired) electrons. The molecule has 2 aliphatic rings. The van der Waals surface area contributed by atoms with Gasteiger partial charge in [0.25, 0.3) is 0 Å². The van der Waals surface area contributed by atoms with E-state index in [1.54, 1.807) is 6.07 Å². The van der Waals surface area contributed by atoms with Gasteiger partial charge in [0, 0.05) is 50.0 Å². The summed E-state index contributed by atoms with van der Waals surface area (Å²) < 4.78 is 5.69. The van der Waals surface area contributed by atoms with E-state index in [1.165, 1.54) is 6.42 Å². The van der Waals surface area contributed by atoms with Gasteiger partial charge >= 0.3 is 6.03 Å². The van der Waals surface area contributed by atoms with E-state index < -0.39 is 0 Å². The van der Waals surface area contributed by atoms with Crippen LogP contribution >= 0.6 is 11.6 Å². The summed E-state index contributed by atoms with van der Waals surface area (Å²) >= 11 is 5.95. The summed E-state index contributed by atoms with van der Waals surface area (Å²) in [7, 11) is 0. The SMILES string of the molecule is Cc1cc(Cl)ccc1NC(=O)N1CCN(CC2CCCO2)CC1. The van der Waals surface area contributed by atoms with E-state index in [-0.39, 0.29) is 6.03 Å². The molecule has 2 amide bonds. The molecule has 2 heterocycles. The molecule has 0 aromatic heterocycles.